The fraction of sp³-hybridized carbons (Fsp3) is 0.278. The lowest BCUT2D eigenvalue weighted by molar-refractivity contribution is 0.102. The molecule has 0 bridgehead atoms. The van der Waals surface area contributed by atoms with Gasteiger partial charge in [0.05, 0.1) is 23.0 Å². The first-order valence-corrected chi connectivity index (χ1v) is 8.33. The fourth-order valence-corrected chi connectivity index (χ4v) is 2.92. The van der Waals surface area contributed by atoms with Crippen molar-refractivity contribution in [1.82, 2.24) is 19.6 Å². The number of rotatable bonds is 4. The van der Waals surface area contributed by atoms with Gasteiger partial charge in [-0.2, -0.15) is 10.2 Å². The van der Waals surface area contributed by atoms with E-state index in [0.29, 0.717) is 17.3 Å². The quantitative estimate of drug-likeness (QED) is 0.777. The molecular weight excluding hydrogens is 338 g/mol. The van der Waals surface area contributed by atoms with Gasteiger partial charge in [-0.25, -0.2) is 0 Å². The van der Waals surface area contributed by atoms with Gasteiger partial charge in [0.15, 0.2) is 5.69 Å². The van der Waals surface area contributed by atoms with Crippen LogP contribution in [-0.4, -0.2) is 25.5 Å². The van der Waals surface area contributed by atoms with Crippen molar-refractivity contribution in [1.29, 1.82) is 0 Å². The first-order valence-electron chi connectivity index (χ1n) is 7.95. The number of carbonyl (C=O) groups is 1. The zero-order valence-corrected chi connectivity index (χ0v) is 15.4. The van der Waals surface area contributed by atoms with E-state index < -0.39 is 0 Å². The smallest absolute Gasteiger partial charge is 0.277 e. The topological polar surface area (TPSA) is 64.7 Å². The predicted molar refractivity (Wildman–Crippen MR) is 98.2 cm³/mol. The largest absolute Gasteiger partial charge is 0.321 e. The Kier molecular flexibility index (Phi) is 4.63. The van der Waals surface area contributed by atoms with Crippen molar-refractivity contribution in [3.63, 3.8) is 0 Å². The summed E-state index contributed by atoms with van der Waals surface area (Å²) in [5.41, 5.74) is 4.82. The molecule has 0 unspecified atom stereocenters. The van der Waals surface area contributed by atoms with Gasteiger partial charge in [-0.1, -0.05) is 23.7 Å². The van der Waals surface area contributed by atoms with Crippen LogP contribution in [0.15, 0.2) is 30.3 Å². The second-order valence-corrected chi connectivity index (χ2v) is 6.49. The summed E-state index contributed by atoms with van der Waals surface area (Å²) in [4.78, 5) is 12.4. The molecule has 1 N–H and O–H groups in total. The lowest BCUT2D eigenvalue weighted by atomic mass is 10.2. The number of hydrogen-bond donors (Lipinski definition) is 1. The third kappa shape index (κ3) is 3.58. The third-order valence-electron chi connectivity index (χ3n) is 4.10. The number of amides is 1. The summed E-state index contributed by atoms with van der Waals surface area (Å²) in [6, 6.07) is 9.72. The Morgan fingerprint density at radius 2 is 1.96 bits per heavy atom. The second-order valence-electron chi connectivity index (χ2n) is 6.11. The molecule has 7 heteroatoms. The molecule has 1 aromatic carbocycles. The Labute approximate surface area is 151 Å². The molecule has 6 nitrogen and oxygen atoms in total. The normalized spacial score (nSPS) is 10.9. The van der Waals surface area contributed by atoms with E-state index in [9.17, 15) is 4.79 Å². The monoisotopic (exact) mass is 357 g/mol. The van der Waals surface area contributed by atoms with Gasteiger partial charge in [0, 0.05) is 18.4 Å². The number of benzene rings is 1. The fourth-order valence-electron chi connectivity index (χ4n) is 2.67. The maximum absolute atomic E-state index is 12.4. The SMILES string of the molecule is Cc1cc(C)n(Cc2cccc(NC(=O)c3nn(C)c(C)c3Cl)c2)n1. The average Bonchev–Trinajstić information content (AvgIpc) is 3.01. The first kappa shape index (κ1) is 17.2. The molecule has 3 rings (SSSR count). The number of hydrogen-bond acceptors (Lipinski definition) is 3. The summed E-state index contributed by atoms with van der Waals surface area (Å²) in [5, 5.41) is 11.9. The Morgan fingerprint density at radius 1 is 1.20 bits per heavy atom. The van der Waals surface area contributed by atoms with Crippen LogP contribution in [0.2, 0.25) is 5.02 Å². The van der Waals surface area contributed by atoms with Gasteiger partial charge in [0.25, 0.3) is 5.91 Å². The van der Waals surface area contributed by atoms with Gasteiger partial charge >= 0.3 is 0 Å². The van der Waals surface area contributed by atoms with Crippen LogP contribution in [0.4, 0.5) is 5.69 Å². The lowest BCUT2D eigenvalue weighted by Gasteiger charge is -2.08. The molecule has 0 fully saturated rings. The molecule has 0 atom stereocenters. The van der Waals surface area contributed by atoms with Crippen LogP contribution < -0.4 is 5.32 Å². The maximum Gasteiger partial charge on any atom is 0.277 e. The van der Waals surface area contributed by atoms with Crippen molar-refractivity contribution < 1.29 is 4.79 Å². The highest BCUT2D eigenvalue weighted by Gasteiger charge is 2.18. The van der Waals surface area contributed by atoms with Gasteiger partial charge in [-0.05, 0) is 44.5 Å². The number of aryl methyl sites for hydroxylation is 3. The Bertz CT molecular complexity index is 941. The van der Waals surface area contributed by atoms with Crippen molar-refractivity contribution in [3.05, 3.63) is 63.7 Å². The molecule has 0 spiro atoms. The highest BCUT2D eigenvalue weighted by molar-refractivity contribution is 6.34. The summed E-state index contributed by atoms with van der Waals surface area (Å²) in [6.07, 6.45) is 0. The van der Waals surface area contributed by atoms with E-state index in [0.717, 1.165) is 22.6 Å². The standard InChI is InChI=1S/C18H20ClN5O/c1-11-8-12(2)24(21-11)10-14-6-5-7-15(9-14)20-18(25)17-16(19)13(3)23(4)22-17/h5-9H,10H2,1-4H3,(H,20,25). The Morgan fingerprint density at radius 3 is 2.56 bits per heavy atom. The van der Waals surface area contributed by atoms with Crippen LogP contribution in [0.5, 0.6) is 0 Å². The van der Waals surface area contributed by atoms with E-state index in [1.54, 1.807) is 11.7 Å². The third-order valence-corrected chi connectivity index (χ3v) is 4.55. The molecule has 130 valence electrons. The zero-order valence-electron chi connectivity index (χ0n) is 14.7. The van der Waals surface area contributed by atoms with E-state index in [1.165, 1.54) is 0 Å². The van der Waals surface area contributed by atoms with Gasteiger partial charge < -0.3 is 5.32 Å². The molecule has 0 saturated heterocycles. The van der Waals surface area contributed by atoms with Crippen molar-refractivity contribution >= 4 is 23.2 Å². The number of carbonyl (C=O) groups excluding carboxylic acids is 1. The number of nitrogens with one attached hydrogen (secondary N) is 1. The van der Waals surface area contributed by atoms with Crippen molar-refractivity contribution in [2.45, 2.75) is 27.3 Å². The number of anilines is 1. The number of aromatic nitrogens is 4. The minimum atomic E-state index is -0.322. The molecule has 0 saturated carbocycles. The van der Waals surface area contributed by atoms with E-state index in [4.69, 9.17) is 11.6 Å². The van der Waals surface area contributed by atoms with Gasteiger partial charge in [0.2, 0.25) is 0 Å². The van der Waals surface area contributed by atoms with Gasteiger partial charge in [-0.15, -0.1) is 0 Å². The molecule has 0 aliphatic rings. The molecule has 2 aromatic heterocycles. The van der Waals surface area contributed by atoms with E-state index >= 15 is 0 Å². The minimum Gasteiger partial charge on any atom is -0.321 e. The first-order chi connectivity index (χ1) is 11.8. The van der Waals surface area contributed by atoms with Crippen LogP contribution in [0.3, 0.4) is 0 Å². The van der Waals surface area contributed by atoms with E-state index in [2.05, 4.69) is 15.5 Å². The van der Waals surface area contributed by atoms with Crippen LogP contribution in [-0.2, 0) is 13.6 Å². The molecule has 0 aliphatic heterocycles. The highest BCUT2D eigenvalue weighted by Crippen LogP contribution is 2.21. The van der Waals surface area contributed by atoms with E-state index in [1.807, 2.05) is 55.8 Å². The van der Waals surface area contributed by atoms with Crippen LogP contribution in [0.25, 0.3) is 0 Å². The molecule has 0 radical (unpaired) electrons. The lowest BCUT2D eigenvalue weighted by Crippen LogP contribution is -2.14. The van der Waals surface area contributed by atoms with Crippen LogP contribution in [0.1, 0.15) is 33.1 Å². The van der Waals surface area contributed by atoms with Gasteiger partial charge in [-0.3, -0.25) is 14.2 Å². The van der Waals surface area contributed by atoms with Crippen LogP contribution in [0, 0.1) is 20.8 Å². The highest BCUT2D eigenvalue weighted by atomic mass is 35.5. The zero-order chi connectivity index (χ0) is 18.1. The summed E-state index contributed by atoms with van der Waals surface area (Å²) in [6.45, 7) is 6.46. The molecule has 2 heterocycles. The molecule has 25 heavy (non-hydrogen) atoms. The molecule has 0 aliphatic carbocycles. The Balaban J connectivity index is 1.78. The van der Waals surface area contributed by atoms with Crippen molar-refractivity contribution in [2.75, 3.05) is 5.32 Å². The van der Waals surface area contributed by atoms with Crippen molar-refractivity contribution in [2.24, 2.45) is 7.05 Å². The van der Waals surface area contributed by atoms with Crippen molar-refractivity contribution in [3.8, 4) is 0 Å². The maximum atomic E-state index is 12.4. The summed E-state index contributed by atoms with van der Waals surface area (Å²) < 4.78 is 3.53. The number of nitrogens with zero attached hydrogens (tertiary/aromatic N) is 4. The minimum absolute atomic E-state index is 0.227. The molecule has 3 aromatic rings. The predicted octanol–water partition coefficient (Wildman–Crippen LogP) is 3.50. The number of halogens is 1. The molecule has 1 amide bonds. The summed E-state index contributed by atoms with van der Waals surface area (Å²) in [5.74, 6) is -0.322. The summed E-state index contributed by atoms with van der Waals surface area (Å²) >= 11 is 6.18. The van der Waals surface area contributed by atoms with Gasteiger partial charge in [0.1, 0.15) is 0 Å². The van der Waals surface area contributed by atoms with E-state index in [-0.39, 0.29) is 11.6 Å². The molecular formula is C18H20ClN5O. The van der Waals surface area contributed by atoms with Crippen LogP contribution >= 0.6 is 11.6 Å². The second kappa shape index (κ2) is 6.72. The Hall–Kier alpha value is -2.60. The summed E-state index contributed by atoms with van der Waals surface area (Å²) in [7, 11) is 1.76. The average molecular weight is 358 g/mol.